The van der Waals surface area contributed by atoms with Gasteiger partial charge in [-0.1, -0.05) is 18.2 Å². The van der Waals surface area contributed by atoms with Crippen molar-refractivity contribution in [2.75, 3.05) is 11.9 Å². The van der Waals surface area contributed by atoms with Gasteiger partial charge < -0.3 is 20.3 Å². The van der Waals surface area contributed by atoms with E-state index in [9.17, 15) is 9.59 Å². The molecule has 1 aromatic rings. The molecule has 1 radical (unpaired) electrons. The summed E-state index contributed by atoms with van der Waals surface area (Å²) in [5.74, 6) is 0. The Morgan fingerprint density at radius 2 is 2.14 bits per heavy atom. The summed E-state index contributed by atoms with van der Waals surface area (Å²) in [6, 6.07) is 9.85. The lowest BCUT2D eigenvalue weighted by Gasteiger charge is -2.27. The molecule has 3 amide bonds. The second kappa shape index (κ2) is 6.68. The lowest BCUT2D eigenvalue weighted by molar-refractivity contribution is 0.0469. The number of hydrogen-bond acceptors (Lipinski definition) is 3. The highest BCUT2D eigenvalue weighted by molar-refractivity contribution is 5.89. The predicted molar refractivity (Wildman–Crippen MR) is 83.4 cm³/mol. The Morgan fingerprint density at radius 3 is 2.77 bits per heavy atom. The topological polar surface area (TPSA) is 70.7 Å². The number of nitrogens with one attached hydrogen (secondary N) is 2. The minimum atomic E-state index is -0.561. The quantitative estimate of drug-likeness (QED) is 0.882. The molecular weight excluding hydrogens is 282 g/mol. The second-order valence-electron chi connectivity index (χ2n) is 6.20. The van der Waals surface area contributed by atoms with Gasteiger partial charge in [-0.3, -0.25) is 0 Å². The molecule has 1 heterocycles. The Balaban J connectivity index is 1.92. The maximum atomic E-state index is 12.3. The van der Waals surface area contributed by atoms with Crippen LogP contribution in [0.2, 0.25) is 0 Å². The molecule has 1 aromatic carbocycles. The van der Waals surface area contributed by atoms with Crippen LogP contribution in [0.4, 0.5) is 15.3 Å². The number of amides is 3. The molecule has 0 saturated carbocycles. The molecule has 1 aliphatic heterocycles. The van der Waals surface area contributed by atoms with Gasteiger partial charge in [0, 0.05) is 12.6 Å². The van der Waals surface area contributed by atoms with Crippen LogP contribution in [0, 0.1) is 6.07 Å². The Bertz CT molecular complexity index is 525. The van der Waals surface area contributed by atoms with Gasteiger partial charge in [0.1, 0.15) is 11.8 Å². The molecule has 0 aromatic heterocycles. The minimum absolute atomic E-state index is 0.249. The maximum absolute atomic E-state index is 12.3. The number of nitrogens with zero attached hydrogens (tertiary/aromatic N) is 1. The number of urea groups is 1. The van der Waals surface area contributed by atoms with Crippen molar-refractivity contribution in [1.29, 1.82) is 0 Å². The number of carbonyl (C=O) groups is 2. The molecule has 6 nitrogen and oxygen atoms in total. The number of likely N-dealkylation sites (tertiary alicyclic amines) is 1. The standard InChI is InChI=1S/C16H22N3O3/c1-16(2,3)22-15(21)18-13-10-7-11-19(13)14(20)17-12-8-5-4-6-9-12/h4-6,8,13H,7,10-11H2,1-3H3,(H,17,20)(H,18,21). The highest BCUT2D eigenvalue weighted by Gasteiger charge is 2.31. The third-order valence-electron chi connectivity index (χ3n) is 3.15. The number of rotatable bonds is 2. The third kappa shape index (κ3) is 4.65. The van der Waals surface area contributed by atoms with Gasteiger partial charge in [0.05, 0.1) is 5.69 Å². The predicted octanol–water partition coefficient (Wildman–Crippen LogP) is 2.97. The van der Waals surface area contributed by atoms with Crippen molar-refractivity contribution in [3.8, 4) is 0 Å². The summed E-state index contributed by atoms with van der Waals surface area (Å²) in [4.78, 5) is 25.7. The summed E-state index contributed by atoms with van der Waals surface area (Å²) in [5, 5.41) is 5.52. The fraction of sp³-hybridized carbons (Fsp3) is 0.500. The first-order valence-electron chi connectivity index (χ1n) is 7.39. The van der Waals surface area contributed by atoms with Crippen LogP contribution in [0.5, 0.6) is 0 Å². The van der Waals surface area contributed by atoms with E-state index >= 15 is 0 Å². The van der Waals surface area contributed by atoms with Gasteiger partial charge in [0.25, 0.3) is 0 Å². The van der Waals surface area contributed by atoms with Crippen molar-refractivity contribution in [3.63, 3.8) is 0 Å². The molecule has 22 heavy (non-hydrogen) atoms. The maximum Gasteiger partial charge on any atom is 0.409 e. The normalized spacial score (nSPS) is 18.0. The lowest BCUT2D eigenvalue weighted by Crippen LogP contribution is -2.49. The van der Waals surface area contributed by atoms with E-state index < -0.39 is 11.7 Å². The van der Waals surface area contributed by atoms with Crippen LogP contribution in [-0.2, 0) is 4.74 Å². The molecule has 0 bridgehead atoms. The molecule has 6 heteroatoms. The van der Waals surface area contributed by atoms with E-state index in [2.05, 4.69) is 16.7 Å². The van der Waals surface area contributed by atoms with Crippen molar-refractivity contribution in [2.24, 2.45) is 0 Å². The van der Waals surface area contributed by atoms with Gasteiger partial charge in [0.15, 0.2) is 0 Å². The molecule has 2 N–H and O–H groups in total. The van der Waals surface area contributed by atoms with Gasteiger partial charge in [-0.05, 0) is 39.7 Å². The third-order valence-corrected chi connectivity index (χ3v) is 3.15. The van der Waals surface area contributed by atoms with Crippen LogP contribution in [0.3, 0.4) is 0 Å². The summed E-state index contributed by atoms with van der Waals surface area (Å²) in [7, 11) is 0. The van der Waals surface area contributed by atoms with E-state index in [4.69, 9.17) is 4.74 Å². The first kappa shape index (κ1) is 16.1. The molecule has 1 fully saturated rings. The number of ether oxygens (including phenoxy) is 1. The molecule has 1 saturated heterocycles. The molecule has 1 aliphatic rings. The molecule has 1 atom stereocenters. The Kier molecular flexibility index (Phi) is 4.90. The van der Waals surface area contributed by atoms with Crippen molar-refractivity contribution >= 4 is 17.8 Å². The zero-order chi connectivity index (χ0) is 16.2. The highest BCUT2D eigenvalue weighted by atomic mass is 16.6. The van der Waals surface area contributed by atoms with Crippen LogP contribution >= 0.6 is 0 Å². The first-order chi connectivity index (χ1) is 10.3. The van der Waals surface area contributed by atoms with Crippen molar-refractivity contribution in [2.45, 2.75) is 45.4 Å². The summed E-state index contributed by atoms with van der Waals surface area (Å²) in [5.41, 5.74) is 0.0461. The number of alkyl carbamates (subject to hydrolysis) is 1. The Morgan fingerprint density at radius 1 is 1.36 bits per heavy atom. The molecular formula is C16H22N3O3. The average molecular weight is 304 g/mol. The molecule has 0 spiro atoms. The van der Waals surface area contributed by atoms with Gasteiger partial charge in [-0.15, -0.1) is 0 Å². The number of carbonyl (C=O) groups excluding carboxylic acids is 2. The van der Waals surface area contributed by atoms with Gasteiger partial charge >= 0.3 is 12.1 Å². The summed E-state index contributed by atoms with van der Waals surface area (Å²) >= 11 is 0. The second-order valence-corrected chi connectivity index (χ2v) is 6.20. The van der Waals surface area contributed by atoms with Crippen LogP contribution in [0.15, 0.2) is 24.3 Å². The Hall–Kier alpha value is -2.24. The monoisotopic (exact) mass is 304 g/mol. The van der Waals surface area contributed by atoms with Crippen molar-refractivity contribution in [1.82, 2.24) is 10.2 Å². The first-order valence-corrected chi connectivity index (χ1v) is 7.39. The number of benzene rings is 1. The van der Waals surface area contributed by atoms with E-state index in [0.29, 0.717) is 18.7 Å². The fourth-order valence-corrected chi connectivity index (χ4v) is 2.26. The average Bonchev–Trinajstić information content (AvgIpc) is 2.85. The Labute approximate surface area is 130 Å². The molecule has 0 aliphatic carbocycles. The van der Waals surface area contributed by atoms with Gasteiger partial charge in [-0.25, -0.2) is 9.59 Å². The van der Waals surface area contributed by atoms with E-state index in [1.54, 1.807) is 37.8 Å². The zero-order valence-electron chi connectivity index (χ0n) is 13.2. The van der Waals surface area contributed by atoms with Crippen molar-refractivity contribution < 1.29 is 14.3 Å². The van der Waals surface area contributed by atoms with Gasteiger partial charge in [-0.2, -0.15) is 0 Å². The van der Waals surface area contributed by atoms with Crippen molar-refractivity contribution in [3.05, 3.63) is 30.3 Å². The van der Waals surface area contributed by atoms with Gasteiger partial charge in [0.2, 0.25) is 0 Å². The summed E-state index contributed by atoms with van der Waals surface area (Å²) in [6.45, 7) is 6.00. The zero-order valence-corrected chi connectivity index (χ0v) is 13.2. The fourth-order valence-electron chi connectivity index (χ4n) is 2.26. The lowest BCUT2D eigenvalue weighted by atomic mass is 10.2. The summed E-state index contributed by atoms with van der Waals surface area (Å²) < 4.78 is 5.23. The molecule has 119 valence electrons. The van der Waals surface area contributed by atoms with Crippen LogP contribution in [0.25, 0.3) is 0 Å². The molecule has 1 unspecified atom stereocenters. The largest absolute Gasteiger partial charge is 0.444 e. The number of para-hydroxylation sites is 1. The van der Waals surface area contributed by atoms with Crippen LogP contribution < -0.4 is 10.6 Å². The number of hydrogen-bond donors (Lipinski definition) is 2. The van der Waals surface area contributed by atoms with Crippen LogP contribution in [0.1, 0.15) is 33.6 Å². The molecule has 2 rings (SSSR count). The van der Waals surface area contributed by atoms with E-state index in [1.807, 2.05) is 12.1 Å². The van der Waals surface area contributed by atoms with Crippen LogP contribution in [-0.4, -0.2) is 35.3 Å². The summed E-state index contributed by atoms with van der Waals surface area (Å²) in [6.07, 6.45) is 0.694. The SMILES string of the molecule is CC(C)(C)OC(=O)NC1CCCN1C(=O)Nc1[c]cccc1. The smallest absolute Gasteiger partial charge is 0.409 e. The van der Waals surface area contributed by atoms with E-state index in [1.165, 1.54) is 0 Å². The van der Waals surface area contributed by atoms with E-state index in [0.717, 1.165) is 6.42 Å². The van der Waals surface area contributed by atoms with E-state index in [-0.39, 0.29) is 12.2 Å². The number of anilines is 1. The highest BCUT2D eigenvalue weighted by Crippen LogP contribution is 2.18. The minimum Gasteiger partial charge on any atom is -0.444 e.